The highest BCUT2D eigenvalue weighted by Gasteiger charge is 2.13. The van der Waals surface area contributed by atoms with Gasteiger partial charge in [0, 0.05) is 6.92 Å². The lowest BCUT2D eigenvalue weighted by Gasteiger charge is -2.20. The van der Waals surface area contributed by atoms with Crippen molar-refractivity contribution in [2.24, 2.45) is 0 Å². The first-order chi connectivity index (χ1) is 3.42. The van der Waals surface area contributed by atoms with E-state index in [1.54, 1.807) is 0 Å². The van der Waals surface area contributed by atoms with Gasteiger partial charge in [-0.25, -0.2) is 0 Å². The van der Waals surface area contributed by atoms with Gasteiger partial charge in [0.15, 0.2) is 5.79 Å². The molecule has 0 spiro atoms. The van der Waals surface area contributed by atoms with Gasteiger partial charge in [0.1, 0.15) is 0 Å². The normalized spacial score (nSPS) is 12.8. The molecule has 1 N–H and O–H groups in total. The third-order valence-corrected chi connectivity index (χ3v) is 0.490. The van der Waals surface area contributed by atoms with Crippen molar-refractivity contribution in [1.29, 1.82) is 0 Å². The van der Waals surface area contributed by atoms with Crippen molar-refractivity contribution in [3.05, 3.63) is 6.92 Å². The summed E-state index contributed by atoms with van der Waals surface area (Å²) in [7, 11) is 0. The first kappa shape index (κ1) is 7.92. The lowest BCUT2D eigenvalue weighted by molar-refractivity contribution is -0.177. The molecule has 0 heterocycles. The van der Waals surface area contributed by atoms with Gasteiger partial charge >= 0.3 is 0 Å². The van der Waals surface area contributed by atoms with E-state index in [4.69, 9.17) is 9.84 Å². The summed E-state index contributed by atoms with van der Waals surface area (Å²) in [5.74, 6) is -1.23. The predicted molar refractivity (Wildman–Crippen MR) is 32.2 cm³/mol. The van der Waals surface area contributed by atoms with E-state index in [1.807, 2.05) is 13.8 Å². The van der Waals surface area contributed by atoms with Crippen molar-refractivity contribution in [2.75, 3.05) is 0 Å². The zero-order valence-electron chi connectivity index (χ0n) is 5.64. The van der Waals surface area contributed by atoms with Crippen molar-refractivity contribution in [3.63, 3.8) is 0 Å². The number of hydrogen-bond donors (Lipinski definition) is 1. The molecular formula is C6H13O2. The van der Waals surface area contributed by atoms with Crippen LogP contribution in [0.2, 0.25) is 0 Å². The molecule has 0 aliphatic heterocycles. The number of hydrogen-bond acceptors (Lipinski definition) is 2. The second-order valence-corrected chi connectivity index (χ2v) is 2.34. The van der Waals surface area contributed by atoms with Crippen molar-refractivity contribution >= 4 is 0 Å². The van der Waals surface area contributed by atoms with Crippen LogP contribution in [0.25, 0.3) is 0 Å². The highest BCUT2D eigenvalue weighted by Crippen LogP contribution is 2.05. The molecule has 0 rings (SSSR count). The van der Waals surface area contributed by atoms with Gasteiger partial charge in [-0.1, -0.05) is 0 Å². The molecule has 0 aromatic carbocycles. The molecule has 0 aromatic rings. The lowest BCUT2D eigenvalue weighted by atomic mass is 10.3. The first-order valence-corrected chi connectivity index (χ1v) is 2.67. The van der Waals surface area contributed by atoms with Crippen LogP contribution in [0.3, 0.4) is 0 Å². The van der Waals surface area contributed by atoms with Crippen molar-refractivity contribution < 1.29 is 9.84 Å². The Labute approximate surface area is 50.5 Å². The van der Waals surface area contributed by atoms with Crippen LogP contribution in [-0.2, 0) is 4.74 Å². The van der Waals surface area contributed by atoms with Crippen LogP contribution in [0.15, 0.2) is 0 Å². The summed E-state index contributed by atoms with van der Waals surface area (Å²) >= 11 is 0. The summed E-state index contributed by atoms with van der Waals surface area (Å²) in [4.78, 5) is 0. The molecule has 0 bridgehead atoms. The fourth-order valence-electron chi connectivity index (χ4n) is 0.508. The number of rotatable bonds is 2. The van der Waals surface area contributed by atoms with Gasteiger partial charge in [0.25, 0.3) is 0 Å². The third-order valence-electron chi connectivity index (χ3n) is 0.490. The summed E-state index contributed by atoms with van der Waals surface area (Å²) in [5, 5.41) is 8.85. The van der Waals surface area contributed by atoms with Gasteiger partial charge in [-0.2, -0.15) is 0 Å². The number of ether oxygens (including phenoxy) is 1. The van der Waals surface area contributed by atoms with E-state index in [9.17, 15) is 0 Å². The summed E-state index contributed by atoms with van der Waals surface area (Å²) in [6.45, 7) is 8.54. The molecule has 0 aliphatic rings. The standard InChI is InChI=1S/C6H13O2/c1-5(2)8-6(3,4)7/h5,7H,3H2,1-2,4H3. The van der Waals surface area contributed by atoms with Crippen LogP contribution >= 0.6 is 0 Å². The summed E-state index contributed by atoms with van der Waals surface area (Å²) in [6, 6.07) is 0. The molecule has 0 amide bonds. The molecular weight excluding hydrogens is 104 g/mol. The van der Waals surface area contributed by atoms with Gasteiger partial charge < -0.3 is 9.84 Å². The molecule has 1 unspecified atom stereocenters. The highest BCUT2D eigenvalue weighted by atomic mass is 16.6. The molecule has 49 valence electrons. The minimum atomic E-state index is -1.23. The van der Waals surface area contributed by atoms with E-state index in [0.717, 1.165) is 0 Å². The van der Waals surface area contributed by atoms with Crippen LogP contribution in [0, 0.1) is 6.92 Å². The van der Waals surface area contributed by atoms with Crippen LogP contribution in [0.5, 0.6) is 0 Å². The molecule has 1 atom stereocenters. The first-order valence-electron chi connectivity index (χ1n) is 2.67. The van der Waals surface area contributed by atoms with Crippen molar-refractivity contribution in [2.45, 2.75) is 32.7 Å². The van der Waals surface area contributed by atoms with E-state index < -0.39 is 5.79 Å². The van der Waals surface area contributed by atoms with Crippen LogP contribution in [0.1, 0.15) is 20.8 Å². The summed E-state index contributed by atoms with van der Waals surface area (Å²) < 4.78 is 4.88. The Balaban J connectivity index is 3.39. The van der Waals surface area contributed by atoms with Crippen molar-refractivity contribution in [3.8, 4) is 0 Å². The zero-order valence-corrected chi connectivity index (χ0v) is 5.64. The lowest BCUT2D eigenvalue weighted by Crippen LogP contribution is -2.27. The average Bonchev–Trinajstić information content (AvgIpc) is 1.21. The fourth-order valence-corrected chi connectivity index (χ4v) is 0.508. The topological polar surface area (TPSA) is 29.5 Å². The highest BCUT2D eigenvalue weighted by molar-refractivity contribution is 4.61. The second-order valence-electron chi connectivity index (χ2n) is 2.34. The van der Waals surface area contributed by atoms with E-state index >= 15 is 0 Å². The van der Waals surface area contributed by atoms with E-state index in [1.165, 1.54) is 6.92 Å². The number of aliphatic hydroxyl groups is 1. The van der Waals surface area contributed by atoms with Gasteiger partial charge in [-0.15, -0.1) is 0 Å². The van der Waals surface area contributed by atoms with E-state index in [0.29, 0.717) is 0 Å². The Hall–Kier alpha value is -0.0800. The van der Waals surface area contributed by atoms with Gasteiger partial charge in [0.05, 0.1) is 6.10 Å². The molecule has 2 nitrogen and oxygen atoms in total. The van der Waals surface area contributed by atoms with Crippen LogP contribution < -0.4 is 0 Å². The third kappa shape index (κ3) is 5.92. The largest absolute Gasteiger partial charge is 0.366 e. The molecule has 2 heteroatoms. The molecule has 0 aliphatic carbocycles. The zero-order chi connectivity index (χ0) is 6.78. The summed E-state index contributed by atoms with van der Waals surface area (Å²) in [6.07, 6.45) is 0.0301. The maximum atomic E-state index is 8.85. The predicted octanol–water partition coefficient (Wildman–Crippen LogP) is 0.954. The summed E-state index contributed by atoms with van der Waals surface area (Å²) in [5.41, 5.74) is 0. The average molecular weight is 117 g/mol. The Morgan fingerprint density at radius 1 is 1.62 bits per heavy atom. The van der Waals surface area contributed by atoms with Crippen LogP contribution in [0.4, 0.5) is 0 Å². The van der Waals surface area contributed by atoms with Gasteiger partial charge in [-0.3, -0.25) is 0 Å². The Kier molecular flexibility index (Phi) is 2.44. The monoisotopic (exact) mass is 117 g/mol. The fraction of sp³-hybridized carbons (Fsp3) is 0.833. The minimum absolute atomic E-state index is 0.0301. The van der Waals surface area contributed by atoms with E-state index in [2.05, 4.69) is 6.92 Å². The quantitative estimate of drug-likeness (QED) is 0.546. The van der Waals surface area contributed by atoms with Gasteiger partial charge in [-0.05, 0) is 20.8 Å². The molecule has 0 fully saturated rings. The minimum Gasteiger partial charge on any atom is -0.366 e. The van der Waals surface area contributed by atoms with Crippen molar-refractivity contribution in [1.82, 2.24) is 0 Å². The molecule has 1 radical (unpaired) electrons. The maximum absolute atomic E-state index is 8.85. The smallest absolute Gasteiger partial charge is 0.163 e. The second kappa shape index (κ2) is 2.46. The van der Waals surface area contributed by atoms with Crippen LogP contribution in [-0.4, -0.2) is 17.0 Å². The molecule has 8 heavy (non-hydrogen) atoms. The Morgan fingerprint density at radius 2 is 2.00 bits per heavy atom. The molecule has 0 saturated heterocycles. The van der Waals surface area contributed by atoms with Gasteiger partial charge in [0.2, 0.25) is 0 Å². The SMILES string of the molecule is [CH2]C(C)(O)OC(C)C. The molecule has 0 aromatic heterocycles. The van der Waals surface area contributed by atoms with E-state index in [-0.39, 0.29) is 6.10 Å². The Bertz CT molecular complexity index is 61.4. The molecule has 0 saturated carbocycles. The maximum Gasteiger partial charge on any atom is 0.163 e. The Morgan fingerprint density at radius 3 is 2.00 bits per heavy atom.